The van der Waals surface area contributed by atoms with Crippen LogP contribution in [0.4, 0.5) is 10.1 Å². The number of nitrogens with one attached hydrogen (secondary N) is 1. The van der Waals surface area contributed by atoms with Crippen LogP contribution in [0.15, 0.2) is 60.7 Å². The molecule has 2 atom stereocenters. The maximum atomic E-state index is 14.2. The fraction of sp³-hybridized carbons (Fsp3) is 0.308. The Kier molecular flexibility index (Phi) is 4.36. The van der Waals surface area contributed by atoms with Gasteiger partial charge in [0.2, 0.25) is 10.0 Å². The summed E-state index contributed by atoms with van der Waals surface area (Å²) in [5.74, 6) is -0.197. The van der Waals surface area contributed by atoms with Crippen LogP contribution < -0.4 is 4.72 Å². The van der Waals surface area contributed by atoms with E-state index in [-0.39, 0.29) is 16.6 Å². The van der Waals surface area contributed by atoms with E-state index >= 15 is 0 Å². The molecule has 3 aromatic carbocycles. The average molecular weight is 436 g/mol. The Morgan fingerprint density at radius 3 is 2.32 bits per heavy atom. The van der Waals surface area contributed by atoms with Gasteiger partial charge in [0.25, 0.3) is 0 Å². The topological polar surface area (TPSA) is 46.2 Å². The highest BCUT2D eigenvalue weighted by Gasteiger charge is 2.68. The minimum absolute atomic E-state index is 0.197. The van der Waals surface area contributed by atoms with Crippen LogP contribution in [0.5, 0.6) is 0 Å². The van der Waals surface area contributed by atoms with Gasteiger partial charge in [0, 0.05) is 16.5 Å². The number of fused-ring (bicyclic) bond motifs is 4. The molecule has 0 bridgehead atoms. The lowest BCUT2D eigenvalue weighted by Gasteiger charge is -2.27. The number of halogens is 1. The van der Waals surface area contributed by atoms with Crippen LogP contribution >= 0.6 is 0 Å². The molecule has 1 saturated carbocycles. The first-order valence-corrected chi connectivity index (χ1v) is 12.5. The maximum Gasteiger partial charge on any atom is 0.229 e. The molecule has 5 heteroatoms. The van der Waals surface area contributed by atoms with Gasteiger partial charge in [-0.05, 0) is 78.3 Å². The molecule has 0 saturated heterocycles. The van der Waals surface area contributed by atoms with Crippen LogP contribution in [-0.2, 0) is 33.7 Å². The zero-order valence-electron chi connectivity index (χ0n) is 18.0. The van der Waals surface area contributed by atoms with Gasteiger partial charge in [0.05, 0.1) is 6.26 Å². The van der Waals surface area contributed by atoms with Crippen LogP contribution in [-0.4, -0.2) is 14.7 Å². The predicted octanol–water partition coefficient (Wildman–Crippen LogP) is 5.25. The molecule has 1 N–H and O–H groups in total. The van der Waals surface area contributed by atoms with Crippen molar-refractivity contribution in [3.63, 3.8) is 0 Å². The molecule has 31 heavy (non-hydrogen) atoms. The molecule has 1 fully saturated rings. The predicted molar refractivity (Wildman–Crippen MR) is 123 cm³/mol. The van der Waals surface area contributed by atoms with Crippen molar-refractivity contribution in [1.29, 1.82) is 0 Å². The number of hydrogen-bond acceptors (Lipinski definition) is 2. The lowest BCUT2D eigenvalue weighted by molar-refractivity contribution is 0.606. The molecule has 3 aromatic rings. The third-order valence-corrected chi connectivity index (χ3v) is 7.76. The second-order valence-electron chi connectivity index (χ2n) is 9.33. The van der Waals surface area contributed by atoms with Gasteiger partial charge in [-0.1, -0.05) is 48.9 Å². The van der Waals surface area contributed by atoms with Crippen molar-refractivity contribution in [1.82, 2.24) is 0 Å². The molecule has 3 nitrogen and oxygen atoms in total. The van der Waals surface area contributed by atoms with E-state index < -0.39 is 10.0 Å². The molecule has 0 aromatic heterocycles. The molecule has 1 spiro atoms. The molecule has 5 rings (SSSR count). The maximum absolute atomic E-state index is 14.2. The Balaban J connectivity index is 1.71. The largest absolute Gasteiger partial charge is 0.284 e. The van der Waals surface area contributed by atoms with E-state index in [0.717, 1.165) is 36.6 Å². The summed E-state index contributed by atoms with van der Waals surface area (Å²) < 4.78 is 40.3. The van der Waals surface area contributed by atoms with Gasteiger partial charge in [-0.3, -0.25) is 4.72 Å². The summed E-state index contributed by atoms with van der Waals surface area (Å²) in [4.78, 5) is 0. The third kappa shape index (κ3) is 3.18. The highest BCUT2D eigenvalue weighted by atomic mass is 32.2. The van der Waals surface area contributed by atoms with Gasteiger partial charge < -0.3 is 0 Å². The van der Waals surface area contributed by atoms with Crippen LogP contribution in [0.2, 0.25) is 0 Å². The van der Waals surface area contributed by atoms with Crippen LogP contribution in [0.1, 0.15) is 46.7 Å². The van der Waals surface area contributed by atoms with Crippen molar-refractivity contribution in [3.05, 3.63) is 99.9 Å². The second kappa shape index (κ2) is 6.67. The standard InChI is InChI=1S/C26H26FNO2S/c1-17-7-11-23-18(13-17)8-9-19-14-21(27)10-12-24(19)26(23)16-25(26,2)20-5-4-6-22(15-20)28-31(3,29)30/h4-7,10-15,28H,8-9,16H2,1-3H3. The number of anilines is 1. The Hall–Kier alpha value is -2.66. The summed E-state index contributed by atoms with van der Waals surface area (Å²) in [5, 5.41) is 0. The van der Waals surface area contributed by atoms with Crippen LogP contribution in [0.25, 0.3) is 0 Å². The molecular formula is C26H26FNO2S. The number of rotatable bonds is 3. The molecule has 0 amide bonds. The fourth-order valence-corrected chi connectivity index (χ4v) is 6.26. The van der Waals surface area contributed by atoms with Crippen molar-refractivity contribution in [2.24, 2.45) is 0 Å². The Bertz CT molecular complexity index is 1260. The lowest BCUT2D eigenvalue weighted by atomic mass is 9.76. The SMILES string of the molecule is Cc1ccc2c(c1)CCc1cc(F)ccc1C21CC1(C)c1cccc(NS(C)(=O)=O)c1. The summed E-state index contributed by atoms with van der Waals surface area (Å²) in [6, 6.07) is 19.6. The minimum Gasteiger partial charge on any atom is -0.284 e. The van der Waals surface area contributed by atoms with E-state index in [1.165, 1.54) is 22.3 Å². The van der Waals surface area contributed by atoms with Crippen molar-refractivity contribution in [3.8, 4) is 0 Å². The van der Waals surface area contributed by atoms with E-state index in [9.17, 15) is 12.8 Å². The lowest BCUT2D eigenvalue weighted by Crippen LogP contribution is -2.23. The third-order valence-electron chi connectivity index (χ3n) is 7.15. The van der Waals surface area contributed by atoms with Crippen LogP contribution in [0.3, 0.4) is 0 Å². The Morgan fingerprint density at radius 2 is 1.61 bits per heavy atom. The van der Waals surface area contributed by atoms with Crippen molar-refractivity contribution in [2.45, 2.75) is 43.9 Å². The van der Waals surface area contributed by atoms with E-state index in [0.29, 0.717) is 5.69 Å². The quantitative estimate of drug-likeness (QED) is 0.611. The average Bonchev–Trinajstić information content (AvgIpc) is 3.35. The number of hydrogen-bond donors (Lipinski definition) is 1. The van der Waals surface area contributed by atoms with Crippen LogP contribution in [0, 0.1) is 12.7 Å². The van der Waals surface area contributed by atoms with Gasteiger partial charge in [-0.15, -0.1) is 0 Å². The Labute approximate surface area is 183 Å². The van der Waals surface area contributed by atoms with Crippen molar-refractivity contribution < 1.29 is 12.8 Å². The molecule has 2 unspecified atom stereocenters. The summed E-state index contributed by atoms with van der Waals surface area (Å²) in [7, 11) is -3.36. The van der Waals surface area contributed by atoms with E-state index in [2.05, 4.69) is 42.8 Å². The normalized spacial score (nSPS) is 24.3. The van der Waals surface area contributed by atoms with Gasteiger partial charge in [0.1, 0.15) is 5.82 Å². The molecule has 0 radical (unpaired) electrons. The summed E-state index contributed by atoms with van der Waals surface area (Å²) in [6.07, 6.45) is 3.77. The molecule has 2 aliphatic rings. The summed E-state index contributed by atoms with van der Waals surface area (Å²) in [5.41, 5.74) is 7.32. The zero-order chi connectivity index (χ0) is 22.0. The van der Waals surface area contributed by atoms with E-state index in [1.54, 1.807) is 18.2 Å². The van der Waals surface area contributed by atoms with Gasteiger partial charge >= 0.3 is 0 Å². The monoisotopic (exact) mass is 435 g/mol. The Morgan fingerprint density at radius 1 is 0.935 bits per heavy atom. The first-order chi connectivity index (χ1) is 14.6. The van der Waals surface area contributed by atoms with Crippen molar-refractivity contribution in [2.75, 3.05) is 11.0 Å². The molecule has 160 valence electrons. The highest BCUT2D eigenvalue weighted by Crippen LogP contribution is 2.70. The summed E-state index contributed by atoms with van der Waals surface area (Å²) in [6.45, 7) is 4.35. The zero-order valence-corrected chi connectivity index (χ0v) is 18.8. The van der Waals surface area contributed by atoms with Gasteiger partial charge in [0.15, 0.2) is 0 Å². The molecule has 2 aliphatic carbocycles. The summed E-state index contributed by atoms with van der Waals surface area (Å²) >= 11 is 0. The first kappa shape index (κ1) is 20.3. The van der Waals surface area contributed by atoms with E-state index in [1.807, 2.05) is 18.2 Å². The highest BCUT2D eigenvalue weighted by molar-refractivity contribution is 7.92. The smallest absolute Gasteiger partial charge is 0.229 e. The fourth-order valence-electron chi connectivity index (χ4n) is 5.71. The van der Waals surface area contributed by atoms with Crippen molar-refractivity contribution >= 4 is 15.7 Å². The molecular weight excluding hydrogens is 409 g/mol. The molecule has 0 heterocycles. The number of aryl methyl sites for hydroxylation is 3. The number of benzene rings is 3. The molecule has 0 aliphatic heterocycles. The second-order valence-corrected chi connectivity index (χ2v) is 11.1. The van der Waals surface area contributed by atoms with Gasteiger partial charge in [-0.2, -0.15) is 0 Å². The minimum atomic E-state index is -3.36. The number of sulfonamides is 1. The first-order valence-electron chi connectivity index (χ1n) is 10.6. The van der Waals surface area contributed by atoms with Gasteiger partial charge in [-0.25, -0.2) is 12.8 Å². The van der Waals surface area contributed by atoms with E-state index in [4.69, 9.17) is 0 Å².